The van der Waals surface area contributed by atoms with Crippen molar-refractivity contribution in [2.24, 2.45) is 5.10 Å². The van der Waals surface area contributed by atoms with Crippen LogP contribution in [-0.4, -0.2) is 29.1 Å². The topological polar surface area (TPSA) is 92.7 Å². The van der Waals surface area contributed by atoms with Crippen molar-refractivity contribution in [3.8, 4) is 5.75 Å². The molecule has 27 heavy (non-hydrogen) atoms. The number of carbonyl (C=O) groups excluding carboxylic acids is 2. The number of carbonyl (C=O) groups is 2. The Kier molecular flexibility index (Phi) is 7.05. The van der Waals surface area contributed by atoms with Crippen LogP contribution in [0.4, 0.5) is 5.82 Å². The molecule has 2 rings (SSSR count). The van der Waals surface area contributed by atoms with E-state index in [0.717, 1.165) is 16.8 Å². The van der Waals surface area contributed by atoms with Gasteiger partial charge in [0.2, 0.25) is 5.91 Å². The van der Waals surface area contributed by atoms with Gasteiger partial charge in [0.1, 0.15) is 11.6 Å². The highest BCUT2D eigenvalue weighted by Crippen LogP contribution is 2.15. The van der Waals surface area contributed by atoms with Gasteiger partial charge in [-0.05, 0) is 63.1 Å². The molecule has 1 aromatic heterocycles. The maximum Gasteiger partial charge on any atom is 0.277 e. The highest BCUT2D eigenvalue weighted by Gasteiger charge is 2.07. The molecule has 0 radical (unpaired) electrons. The summed E-state index contributed by atoms with van der Waals surface area (Å²) in [4.78, 5) is 28.0. The lowest BCUT2D eigenvalue weighted by Crippen LogP contribution is -2.26. The summed E-state index contributed by atoms with van der Waals surface area (Å²) in [5.74, 6) is 0.469. The van der Waals surface area contributed by atoms with E-state index >= 15 is 0 Å². The third-order valence-corrected chi connectivity index (χ3v) is 3.51. The Bertz CT molecular complexity index is 842. The summed E-state index contributed by atoms with van der Waals surface area (Å²) in [5, 5.41) is 6.62. The first-order valence-electron chi connectivity index (χ1n) is 8.58. The number of amides is 2. The second-order valence-electron chi connectivity index (χ2n) is 6.38. The first-order valence-corrected chi connectivity index (χ1v) is 8.58. The predicted octanol–water partition coefficient (Wildman–Crippen LogP) is 2.91. The van der Waals surface area contributed by atoms with Crippen LogP contribution in [0.2, 0.25) is 0 Å². The van der Waals surface area contributed by atoms with Crippen LogP contribution in [-0.2, 0) is 9.59 Å². The molecule has 2 aromatic rings. The summed E-state index contributed by atoms with van der Waals surface area (Å²) in [6, 6.07) is 11.1. The Balaban J connectivity index is 1.78. The van der Waals surface area contributed by atoms with Gasteiger partial charge in [-0.1, -0.05) is 12.1 Å². The number of ether oxygens (including phenoxy) is 1. The van der Waals surface area contributed by atoms with Gasteiger partial charge in [0, 0.05) is 11.4 Å². The number of anilines is 1. The maximum absolute atomic E-state index is 12.0. The van der Waals surface area contributed by atoms with Gasteiger partial charge in [0.05, 0.1) is 6.42 Å². The van der Waals surface area contributed by atoms with Gasteiger partial charge in [0.25, 0.3) is 5.91 Å². The van der Waals surface area contributed by atoms with Crippen molar-refractivity contribution < 1.29 is 14.3 Å². The van der Waals surface area contributed by atoms with E-state index in [2.05, 4.69) is 20.8 Å². The highest BCUT2D eigenvalue weighted by atomic mass is 16.5. The molecule has 0 saturated heterocycles. The van der Waals surface area contributed by atoms with E-state index in [1.807, 2.05) is 51.1 Å². The molecule has 0 aliphatic heterocycles. The van der Waals surface area contributed by atoms with E-state index in [1.54, 1.807) is 13.0 Å². The molecule has 0 bridgehead atoms. The molecular formula is C20H24N4O3. The van der Waals surface area contributed by atoms with Crippen molar-refractivity contribution in [3.63, 3.8) is 0 Å². The van der Waals surface area contributed by atoms with Crippen molar-refractivity contribution in [2.45, 2.75) is 34.1 Å². The molecule has 2 N–H and O–H groups in total. The zero-order chi connectivity index (χ0) is 19.8. The fourth-order valence-electron chi connectivity index (χ4n) is 2.43. The van der Waals surface area contributed by atoms with Gasteiger partial charge < -0.3 is 10.1 Å². The number of pyridine rings is 1. The molecule has 1 heterocycles. The minimum atomic E-state index is -0.394. The van der Waals surface area contributed by atoms with E-state index in [1.165, 1.54) is 0 Å². The number of rotatable bonds is 7. The third kappa shape index (κ3) is 7.27. The molecule has 0 unspecified atom stereocenters. The summed E-state index contributed by atoms with van der Waals surface area (Å²) < 4.78 is 5.46. The molecule has 0 atom stereocenters. The minimum Gasteiger partial charge on any atom is -0.484 e. The normalized spacial score (nSPS) is 11.0. The fourth-order valence-corrected chi connectivity index (χ4v) is 2.43. The van der Waals surface area contributed by atoms with E-state index in [9.17, 15) is 9.59 Å². The zero-order valence-corrected chi connectivity index (χ0v) is 16.0. The Morgan fingerprint density at radius 2 is 1.78 bits per heavy atom. The van der Waals surface area contributed by atoms with Gasteiger partial charge in [-0.2, -0.15) is 5.10 Å². The molecule has 0 aliphatic carbocycles. The second kappa shape index (κ2) is 9.47. The molecule has 2 amide bonds. The van der Waals surface area contributed by atoms with Gasteiger partial charge in [0.15, 0.2) is 6.61 Å². The van der Waals surface area contributed by atoms with Crippen molar-refractivity contribution in [1.29, 1.82) is 0 Å². The number of nitrogens with zero attached hydrogens (tertiary/aromatic N) is 2. The average molecular weight is 368 g/mol. The number of aryl methyl sites for hydroxylation is 3. The van der Waals surface area contributed by atoms with Crippen LogP contribution in [0.1, 0.15) is 30.2 Å². The summed E-state index contributed by atoms with van der Waals surface area (Å²) >= 11 is 0. The molecule has 0 spiro atoms. The standard InChI is InChI=1S/C20H24N4O3/c1-13-8-14(2)10-17(9-13)27-12-20(26)24-23-16(4)11-19(25)22-18-7-5-6-15(3)21-18/h5-10H,11-12H2,1-4H3,(H,24,26)(H,21,22,25). The Hall–Kier alpha value is -3.22. The van der Waals surface area contributed by atoms with E-state index < -0.39 is 5.91 Å². The molecular weight excluding hydrogens is 344 g/mol. The lowest BCUT2D eigenvalue weighted by atomic mass is 10.1. The number of hydrogen-bond acceptors (Lipinski definition) is 5. The van der Waals surface area contributed by atoms with Crippen LogP contribution in [0.15, 0.2) is 41.5 Å². The number of hydrazone groups is 1. The lowest BCUT2D eigenvalue weighted by Gasteiger charge is -2.08. The van der Waals surface area contributed by atoms with Crippen LogP contribution in [0.3, 0.4) is 0 Å². The van der Waals surface area contributed by atoms with E-state index in [0.29, 0.717) is 17.3 Å². The Morgan fingerprint density at radius 3 is 2.44 bits per heavy atom. The molecule has 1 aromatic carbocycles. The number of nitrogens with one attached hydrogen (secondary N) is 2. The third-order valence-electron chi connectivity index (χ3n) is 3.51. The predicted molar refractivity (Wildman–Crippen MR) is 105 cm³/mol. The van der Waals surface area contributed by atoms with Crippen LogP contribution >= 0.6 is 0 Å². The SMILES string of the molecule is CC(CC(=O)Nc1cccc(C)n1)=NNC(=O)COc1cc(C)cc(C)c1. The zero-order valence-electron chi connectivity index (χ0n) is 16.0. The lowest BCUT2D eigenvalue weighted by molar-refractivity contribution is -0.123. The monoisotopic (exact) mass is 368 g/mol. The fraction of sp³-hybridized carbons (Fsp3) is 0.300. The molecule has 142 valence electrons. The van der Waals surface area contributed by atoms with Crippen molar-refractivity contribution >= 4 is 23.3 Å². The van der Waals surface area contributed by atoms with Crippen LogP contribution in [0.25, 0.3) is 0 Å². The first kappa shape index (κ1) is 20.1. The van der Waals surface area contributed by atoms with Crippen molar-refractivity contribution in [3.05, 3.63) is 53.2 Å². The molecule has 7 nitrogen and oxygen atoms in total. The van der Waals surface area contributed by atoms with Gasteiger partial charge in [-0.15, -0.1) is 0 Å². The van der Waals surface area contributed by atoms with E-state index in [-0.39, 0.29) is 18.9 Å². The first-order chi connectivity index (χ1) is 12.8. The summed E-state index contributed by atoms with van der Waals surface area (Å²) in [6.45, 7) is 7.28. The molecule has 0 saturated carbocycles. The molecule has 0 fully saturated rings. The number of hydrogen-bond donors (Lipinski definition) is 2. The van der Waals surface area contributed by atoms with E-state index in [4.69, 9.17) is 4.74 Å². The molecule has 7 heteroatoms. The Morgan fingerprint density at radius 1 is 1.07 bits per heavy atom. The summed E-state index contributed by atoms with van der Waals surface area (Å²) in [5.41, 5.74) is 5.80. The summed E-state index contributed by atoms with van der Waals surface area (Å²) in [7, 11) is 0. The van der Waals surface area contributed by atoms with Gasteiger partial charge >= 0.3 is 0 Å². The maximum atomic E-state index is 12.0. The van der Waals surface area contributed by atoms with Crippen LogP contribution in [0.5, 0.6) is 5.75 Å². The van der Waals surface area contributed by atoms with Crippen molar-refractivity contribution in [2.75, 3.05) is 11.9 Å². The largest absolute Gasteiger partial charge is 0.484 e. The molecule has 0 aliphatic rings. The quantitative estimate of drug-likeness (QED) is 0.580. The van der Waals surface area contributed by atoms with Crippen LogP contribution in [0, 0.1) is 20.8 Å². The van der Waals surface area contributed by atoms with Gasteiger partial charge in [-0.25, -0.2) is 10.4 Å². The highest BCUT2D eigenvalue weighted by molar-refractivity contribution is 6.05. The van der Waals surface area contributed by atoms with Gasteiger partial charge in [-0.3, -0.25) is 9.59 Å². The number of benzene rings is 1. The number of aromatic nitrogens is 1. The Labute approximate surface area is 158 Å². The second-order valence-corrected chi connectivity index (χ2v) is 6.38. The average Bonchev–Trinajstić information content (AvgIpc) is 2.57. The smallest absolute Gasteiger partial charge is 0.277 e. The summed E-state index contributed by atoms with van der Waals surface area (Å²) in [6.07, 6.45) is 0.0494. The minimum absolute atomic E-state index is 0.0494. The van der Waals surface area contributed by atoms with Crippen molar-refractivity contribution in [1.82, 2.24) is 10.4 Å². The van der Waals surface area contributed by atoms with Crippen LogP contribution < -0.4 is 15.5 Å².